The van der Waals surface area contributed by atoms with Crippen molar-refractivity contribution < 1.29 is 32.5 Å². The zero-order valence-electron chi connectivity index (χ0n) is 14.6. The third kappa shape index (κ3) is 7.65. The first-order valence-corrected chi connectivity index (χ1v) is 8.57. The van der Waals surface area contributed by atoms with Crippen molar-refractivity contribution in [2.45, 2.75) is 19.0 Å². The van der Waals surface area contributed by atoms with Crippen LogP contribution in [0.25, 0.3) is 0 Å². The highest BCUT2D eigenvalue weighted by molar-refractivity contribution is 5.94. The smallest absolute Gasteiger partial charge is 0.329 e. The summed E-state index contributed by atoms with van der Waals surface area (Å²) in [5.41, 5.74) is 0.724. The number of piperidine rings is 1. The molecule has 1 aromatic rings. The quantitative estimate of drug-likeness (QED) is 0.586. The molecule has 1 fully saturated rings. The third-order valence-electron chi connectivity index (χ3n) is 4.22. The van der Waals surface area contributed by atoms with Gasteiger partial charge in [-0.1, -0.05) is 18.2 Å². The number of likely N-dealkylation sites (tertiary alicyclic amines) is 1. The Morgan fingerprint density at radius 2 is 1.70 bits per heavy atom. The first kappa shape index (κ1) is 20.7. The van der Waals surface area contributed by atoms with Crippen LogP contribution in [-0.4, -0.2) is 50.2 Å². The SMILES string of the molecule is O=C(C[NH+]1CCC(C(=O)Nc2ccccc2)CC1)NC(=O)NCC(F)(F)F. The lowest BCUT2D eigenvalue weighted by Crippen LogP contribution is -3.14. The predicted octanol–water partition coefficient (Wildman–Crippen LogP) is 0.308. The van der Waals surface area contributed by atoms with Gasteiger partial charge in [0.1, 0.15) is 6.54 Å². The Morgan fingerprint density at radius 1 is 1.07 bits per heavy atom. The molecular formula is C17H22F3N4O3+. The lowest BCUT2D eigenvalue weighted by atomic mass is 9.96. The number of carbonyl (C=O) groups excluding carboxylic acids is 3. The number of para-hydroxylation sites is 1. The van der Waals surface area contributed by atoms with Gasteiger partial charge in [0.05, 0.1) is 13.1 Å². The minimum Gasteiger partial charge on any atom is -0.329 e. The molecule has 148 valence electrons. The van der Waals surface area contributed by atoms with Crippen LogP contribution < -0.4 is 20.9 Å². The summed E-state index contributed by atoms with van der Waals surface area (Å²) in [7, 11) is 0. The van der Waals surface area contributed by atoms with E-state index in [0.717, 1.165) is 10.6 Å². The van der Waals surface area contributed by atoms with Gasteiger partial charge in [-0.25, -0.2) is 4.79 Å². The summed E-state index contributed by atoms with van der Waals surface area (Å²) >= 11 is 0. The van der Waals surface area contributed by atoms with Gasteiger partial charge in [0, 0.05) is 24.4 Å². The molecule has 1 aliphatic rings. The Kier molecular flexibility index (Phi) is 7.17. The molecule has 0 aliphatic carbocycles. The first-order valence-electron chi connectivity index (χ1n) is 8.57. The number of urea groups is 1. The van der Waals surface area contributed by atoms with Crippen LogP contribution in [0.3, 0.4) is 0 Å². The third-order valence-corrected chi connectivity index (χ3v) is 4.22. The van der Waals surface area contributed by atoms with E-state index in [1.54, 1.807) is 17.4 Å². The molecule has 1 heterocycles. The molecule has 0 spiro atoms. The second-order valence-corrected chi connectivity index (χ2v) is 6.40. The maximum absolute atomic E-state index is 12.3. The van der Waals surface area contributed by atoms with E-state index in [9.17, 15) is 27.6 Å². The number of hydrogen-bond donors (Lipinski definition) is 4. The van der Waals surface area contributed by atoms with Crippen LogP contribution in [0.4, 0.5) is 23.7 Å². The second-order valence-electron chi connectivity index (χ2n) is 6.40. The van der Waals surface area contributed by atoms with Gasteiger partial charge in [0.2, 0.25) is 5.91 Å². The van der Waals surface area contributed by atoms with E-state index in [-0.39, 0.29) is 18.4 Å². The summed E-state index contributed by atoms with van der Waals surface area (Å²) in [5.74, 6) is -0.889. The van der Waals surface area contributed by atoms with E-state index in [4.69, 9.17) is 0 Å². The normalized spacial score (nSPS) is 19.8. The minimum atomic E-state index is -4.53. The predicted molar refractivity (Wildman–Crippen MR) is 91.0 cm³/mol. The molecule has 4 amide bonds. The van der Waals surface area contributed by atoms with Crippen LogP contribution in [-0.2, 0) is 9.59 Å². The molecule has 1 saturated heterocycles. The van der Waals surface area contributed by atoms with E-state index in [1.807, 2.05) is 23.5 Å². The largest absolute Gasteiger partial charge is 0.405 e. The average Bonchev–Trinajstić information content (AvgIpc) is 2.61. The molecule has 7 nitrogen and oxygen atoms in total. The summed E-state index contributed by atoms with van der Waals surface area (Å²) in [6.07, 6.45) is -3.36. The molecule has 1 aromatic carbocycles. The fourth-order valence-corrected chi connectivity index (χ4v) is 2.85. The second kappa shape index (κ2) is 9.36. The van der Waals surface area contributed by atoms with E-state index < -0.39 is 24.7 Å². The zero-order valence-corrected chi connectivity index (χ0v) is 14.6. The van der Waals surface area contributed by atoms with Crippen molar-refractivity contribution >= 4 is 23.5 Å². The van der Waals surface area contributed by atoms with Crippen molar-refractivity contribution in [3.8, 4) is 0 Å². The van der Waals surface area contributed by atoms with E-state index in [0.29, 0.717) is 25.9 Å². The lowest BCUT2D eigenvalue weighted by molar-refractivity contribution is -0.897. The van der Waals surface area contributed by atoms with Crippen LogP contribution >= 0.6 is 0 Å². The highest BCUT2D eigenvalue weighted by Gasteiger charge is 2.30. The van der Waals surface area contributed by atoms with Crippen LogP contribution in [0, 0.1) is 5.92 Å². The van der Waals surface area contributed by atoms with E-state index in [1.165, 1.54) is 0 Å². The Balaban J connectivity index is 1.68. The van der Waals surface area contributed by atoms with Gasteiger partial charge in [-0.3, -0.25) is 14.9 Å². The summed E-state index contributed by atoms with van der Waals surface area (Å²) < 4.78 is 36.0. The Labute approximate surface area is 154 Å². The summed E-state index contributed by atoms with van der Waals surface area (Å²) in [5, 5.41) is 6.30. The van der Waals surface area contributed by atoms with Crippen molar-refractivity contribution in [2.24, 2.45) is 5.92 Å². The van der Waals surface area contributed by atoms with Crippen molar-refractivity contribution in [3.63, 3.8) is 0 Å². The maximum Gasteiger partial charge on any atom is 0.405 e. The minimum absolute atomic E-state index is 0.0353. The maximum atomic E-state index is 12.3. The van der Waals surface area contributed by atoms with Gasteiger partial charge in [0.25, 0.3) is 5.91 Å². The molecule has 0 aromatic heterocycles. The number of halogens is 3. The van der Waals surface area contributed by atoms with Gasteiger partial charge in [-0.2, -0.15) is 13.2 Å². The molecule has 0 unspecified atom stereocenters. The Bertz CT molecular complexity index is 659. The van der Waals surface area contributed by atoms with Crippen molar-refractivity contribution in [2.75, 3.05) is 31.5 Å². The van der Waals surface area contributed by atoms with E-state index >= 15 is 0 Å². The number of rotatable bonds is 5. The molecule has 0 atom stereocenters. The van der Waals surface area contributed by atoms with Gasteiger partial charge in [0.15, 0.2) is 6.54 Å². The topological polar surface area (TPSA) is 91.7 Å². The van der Waals surface area contributed by atoms with Crippen LogP contribution in [0.2, 0.25) is 0 Å². The molecular weight excluding hydrogens is 365 g/mol. The highest BCUT2D eigenvalue weighted by Crippen LogP contribution is 2.14. The van der Waals surface area contributed by atoms with Gasteiger partial charge in [-0.15, -0.1) is 0 Å². The van der Waals surface area contributed by atoms with Crippen LogP contribution in [0.1, 0.15) is 12.8 Å². The zero-order chi connectivity index (χ0) is 19.9. The van der Waals surface area contributed by atoms with E-state index in [2.05, 4.69) is 5.32 Å². The summed E-state index contributed by atoms with van der Waals surface area (Å²) in [6.45, 7) is -0.414. The molecule has 0 bridgehead atoms. The van der Waals surface area contributed by atoms with Gasteiger partial charge >= 0.3 is 12.2 Å². The number of carbonyl (C=O) groups is 3. The number of quaternary nitrogens is 1. The number of amides is 4. The van der Waals surface area contributed by atoms with Crippen LogP contribution in [0.5, 0.6) is 0 Å². The Hall–Kier alpha value is -2.62. The number of anilines is 1. The van der Waals surface area contributed by atoms with Gasteiger partial charge in [-0.05, 0) is 12.1 Å². The molecule has 0 saturated carbocycles. The number of benzene rings is 1. The number of imide groups is 1. The molecule has 10 heteroatoms. The molecule has 0 radical (unpaired) electrons. The van der Waals surface area contributed by atoms with Crippen molar-refractivity contribution in [1.82, 2.24) is 10.6 Å². The summed E-state index contributed by atoms with van der Waals surface area (Å²) in [6, 6.07) is 7.93. The van der Waals surface area contributed by atoms with Crippen LogP contribution in [0.15, 0.2) is 30.3 Å². The fraction of sp³-hybridized carbons (Fsp3) is 0.471. The first-order chi connectivity index (χ1) is 12.7. The van der Waals surface area contributed by atoms with Crippen molar-refractivity contribution in [3.05, 3.63) is 30.3 Å². The molecule has 27 heavy (non-hydrogen) atoms. The molecule has 2 rings (SSSR count). The monoisotopic (exact) mass is 387 g/mol. The number of hydrogen-bond acceptors (Lipinski definition) is 3. The standard InChI is InChI=1S/C17H21F3N4O3/c18-17(19,20)11-21-16(27)23-14(25)10-24-8-6-12(7-9-24)15(26)22-13-4-2-1-3-5-13/h1-5,12H,6-11H2,(H,22,26)(H2,21,23,25,27)/p+1. The Morgan fingerprint density at radius 3 is 2.30 bits per heavy atom. The lowest BCUT2D eigenvalue weighted by Gasteiger charge is -2.28. The number of alkyl halides is 3. The van der Waals surface area contributed by atoms with Crippen molar-refractivity contribution in [1.29, 1.82) is 0 Å². The average molecular weight is 387 g/mol. The molecule has 1 aliphatic heterocycles. The molecule has 4 N–H and O–H groups in total. The summed E-state index contributed by atoms with van der Waals surface area (Å²) in [4.78, 5) is 36.1. The fourth-order valence-electron chi connectivity index (χ4n) is 2.85. The van der Waals surface area contributed by atoms with Gasteiger partial charge < -0.3 is 15.5 Å². The highest BCUT2D eigenvalue weighted by atomic mass is 19.4. The number of nitrogens with one attached hydrogen (secondary N) is 4.